The van der Waals surface area contributed by atoms with E-state index in [0.29, 0.717) is 10.6 Å². The van der Waals surface area contributed by atoms with Crippen LogP contribution in [0.3, 0.4) is 0 Å². The number of nitrogens with one attached hydrogen (secondary N) is 2. The predicted octanol–water partition coefficient (Wildman–Crippen LogP) is 6.77. The van der Waals surface area contributed by atoms with Gasteiger partial charge >= 0.3 is 0 Å². The van der Waals surface area contributed by atoms with Gasteiger partial charge in [0.25, 0.3) is 5.91 Å². The van der Waals surface area contributed by atoms with Crippen LogP contribution in [0.25, 0.3) is 11.3 Å². The maximum atomic E-state index is 12.5. The van der Waals surface area contributed by atoms with Gasteiger partial charge in [-0.1, -0.05) is 47.5 Å². The maximum Gasteiger partial charge on any atom is 0.255 e. The molecule has 3 aromatic carbocycles. The molecule has 1 heterocycles. The van der Waals surface area contributed by atoms with E-state index in [9.17, 15) is 4.79 Å². The molecule has 0 saturated heterocycles. The number of hydrogen-bond donors (Lipinski definition) is 2. The van der Waals surface area contributed by atoms with Crippen LogP contribution < -0.4 is 10.6 Å². The molecule has 29 heavy (non-hydrogen) atoms. The highest BCUT2D eigenvalue weighted by molar-refractivity contribution is 7.14. The molecule has 0 unspecified atom stereocenters. The van der Waals surface area contributed by atoms with Crippen LogP contribution in [0.2, 0.25) is 5.02 Å². The van der Waals surface area contributed by atoms with Crippen LogP contribution in [0.15, 0.2) is 78.2 Å². The van der Waals surface area contributed by atoms with Gasteiger partial charge in [-0.15, -0.1) is 11.3 Å². The predicted molar refractivity (Wildman–Crippen MR) is 121 cm³/mol. The molecule has 2 N–H and O–H groups in total. The van der Waals surface area contributed by atoms with Gasteiger partial charge in [-0.3, -0.25) is 4.79 Å². The lowest BCUT2D eigenvalue weighted by Crippen LogP contribution is -2.11. The summed E-state index contributed by atoms with van der Waals surface area (Å²) in [5.74, 6) is -0.135. The quantitative estimate of drug-likeness (QED) is 0.375. The number of halogens is 1. The molecule has 0 aliphatic carbocycles. The van der Waals surface area contributed by atoms with E-state index < -0.39 is 0 Å². The van der Waals surface area contributed by atoms with E-state index in [4.69, 9.17) is 11.6 Å². The standard InChI is InChI=1S/C23H18ClN3OS/c1-15-8-10-16(11-9-15)22(28)25-19-6-2-4-17(12-19)21-14-29-23(27-21)26-20-7-3-5-18(24)13-20/h2-14H,1H3,(H,25,28)(H,26,27). The Morgan fingerprint density at radius 2 is 1.72 bits per heavy atom. The molecule has 0 saturated carbocycles. The Morgan fingerprint density at radius 3 is 2.52 bits per heavy atom. The van der Waals surface area contributed by atoms with Crippen molar-refractivity contribution in [1.29, 1.82) is 0 Å². The first-order chi connectivity index (χ1) is 14.1. The van der Waals surface area contributed by atoms with E-state index in [2.05, 4.69) is 15.6 Å². The monoisotopic (exact) mass is 419 g/mol. The van der Waals surface area contributed by atoms with Gasteiger partial charge < -0.3 is 10.6 Å². The number of anilines is 3. The zero-order valence-corrected chi connectivity index (χ0v) is 17.2. The number of carbonyl (C=O) groups excluding carboxylic acids is 1. The highest BCUT2D eigenvalue weighted by Gasteiger charge is 2.09. The molecular weight excluding hydrogens is 402 g/mol. The molecule has 1 amide bonds. The molecule has 4 nitrogen and oxygen atoms in total. The first-order valence-corrected chi connectivity index (χ1v) is 10.3. The summed E-state index contributed by atoms with van der Waals surface area (Å²) in [5, 5.41) is 9.63. The van der Waals surface area contributed by atoms with Crippen molar-refractivity contribution in [2.24, 2.45) is 0 Å². The van der Waals surface area contributed by atoms with E-state index in [-0.39, 0.29) is 5.91 Å². The molecule has 0 bridgehead atoms. The highest BCUT2D eigenvalue weighted by Crippen LogP contribution is 2.29. The van der Waals surface area contributed by atoms with Crippen LogP contribution in [-0.4, -0.2) is 10.9 Å². The van der Waals surface area contributed by atoms with E-state index in [0.717, 1.165) is 33.3 Å². The van der Waals surface area contributed by atoms with Crippen molar-refractivity contribution in [3.05, 3.63) is 94.3 Å². The van der Waals surface area contributed by atoms with Crippen molar-refractivity contribution < 1.29 is 4.79 Å². The van der Waals surface area contributed by atoms with E-state index >= 15 is 0 Å². The summed E-state index contributed by atoms with van der Waals surface area (Å²) in [6, 6.07) is 22.7. The van der Waals surface area contributed by atoms with Crippen LogP contribution >= 0.6 is 22.9 Å². The van der Waals surface area contributed by atoms with Crippen LogP contribution in [-0.2, 0) is 0 Å². The summed E-state index contributed by atoms with van der Waals surface area (Å²) < 4.78 is 0. The highest BCUT2D eigenvalue weighted by atomic mass is 35.5. The summed E-state index contributed by atoms with van der Waals surface area (Å²) >= 11 is 7.54. The van der Waals surface area contributed by atoms with Gasteiger partial charge in [-0.05, 0) is 49.4 Å². The van der Waals surface area contributed by atoms with Crippen LogP contribution in [0.4, 0.5) is 16.5 Å². The maximum absolute atomic E-state index is 12.5. The van der Waals surface area contributed by atoms with Gasteiger partial charge in [0, 0.05) is 32.9 Å². The Hall–Kier alpha value is -3.15. The Balaban J connectivity index is 1.49. The average Bonchev–Trinajstić information content (AvgIpc) is 3.17. The lowest BCUT2D eigenvalue weighted by molar-refractivity contribution is 0.102. The SMILES string of the molecule is Cc1ccc(C(=O)Nc2cccc(-c3csc(Nc4cccc(Cl)c4)n3)c2)cc1. The number of hydrogen-bond acceptors (Lipinski definition) is 4. The van der Waals surface area contributed by atoms with Crippen LogP contribution in [0, 0.1) is 6.92 Å². The molecule has 6 heteroatoms. The normalized spacial score (nSPS) is 10.6. The Labute approximate surface area is 178 Å². The van der Waals surface area contributed by atoms with E-state index in [1.54, 1.807) is 0 Å². The number of rotatable bonds is 5. The zero-order chi connectivity index (χ0) is 20.2. The van der Waals surface area contributed by atoms with Gasteiger partial charge in [-0.25, -0.2) is 4.98 Å². The number of amides is 1. The molecule has 1 aromatic heterocycles. The number of aryl methyl sites for hydroxylation is 1. The molecule has 0 radical (unpaired) electrons. The molecule has 4 rings (SSSR count). The first kappa shape index (κ1) is 19.2. The minimum atomic E-state index is -0.135. The summed E-state index contributed by atoms with van der Waals surface area (Å²) in [4.78, 5) is 17.1. The minimum Gasteiger partial charge on any atom is -0.331 e. The minimum absolute atomic E-state index is 0.135. The number of nitrogens with zero attached hydrogens (tertiary/aromatic N) is 1. The van der Waals surface area contributed by atoms with Gasteiger partial charge in [0.1, 0.15) is 0 Å². The van der Waals surface area contributed by atoms with Gasteiger partial charge in [0.15, 0.2) is 5.13 Å². The van der Waals surface area contributed by atoms with E-state index in [1.165, 1.54) is 11.3 Å². The third-order valence-electron chi connectivity index (χ3n) is 4.31. The van der Waals surface area contributed by atoms with Crippen molar-refractivity contribution in [2.45, 2.75) is 6.92 Å². The number of thiazole rings is 1. The topological polar surface area (TPSA) is 54.0 Å². The first-order valence-electron chi connectivity index (χ1n) is 9.03. The number of carbonyl (C=O) groups is 1. The summed E-state index contributed by atoms with van der Waals surface area (Å²) in [6.45, 7) is 1.99. The van der Waals surface area contributed by atoms with E-state index in [1.807, 2.05) is 85.1 Å². The van der Waals surface area contributed by atoms with Crippen molar-refractivity contribution in [2.75, 3.05) is 10.6 Å². The Kier molecular flexibility index (Phi) is 5.60. The summed E-state index contributed by atoms with van der Waals surface area (Å²) in [7, 11) is 0. The van der Waals surface area contributed by atoms with Gasteiger partial charge in [0.05, 0.1) is 5.69 Å². The number of benzene rings is 3. The van der Waals surface area contributed by atoms with Crippen LogP contribution in [0.1, 0.15) is 15.9 Å². The summed E-state index contributed by atoms with van der Waals surface area (Å²) in [5.41, 5.74) is 5.13. The third-order valence-corrected chi connectivity index (χ3v) is 5.30. The zero-order valence-electron chi connectivity index (χ0n) is 15.6. The molecule has 0 atom stereocenters. The second kappa shape index (κ2) is 8.47. The largest absolute Gasteiger partial charge is 0.331 e. The van der Waals surface area contributed by atoms with Crippen LogP contribution in [0.5, 0.6) is 0 Å². The molecule has 144 valence electrons. The molecule has 0 fully saturated rings. The van der Waals surface area contributed by atoms with Gasteiger partial charge in [0.2, 0.25) is 0 Å². The third kappa shape index (κ3) is 4.83. The fourth-order valence-electron chi connectivity index (χ4n) is 2.82. The second-order valence-corrected chi connectivity index (χ2v) is 7.87. The van der Waals surface area contributed by atoms with Crippen molar-refractivity contribution in [3.63, 3.8) is 0 Å². The molecular formula is C23H18ClN3OS. The summed E-state index contributed by atoms with van der Waals surface area (Å²) in [6.07, 6.45) is 0. The molecule has 0 spiro atoms. The number of aromatic nitrogens is 1. The Morgan fingerprint density at radius 1 is 0.966 bits per heavy atom. The Bertz CT molecular complexity index is 1150. The molecule has 0 aliphatic heterocycles. The molecule has 4 aromatic rings. The smallest absolute Gasteiger partial charge is 0.255 e. The second-order valence-electron chi connectivity index (χ2n) is 6.57. The average molecular weight is 420 g/mol. The van der Waals surface area contributed by atoms with Crippen molar-refractivity contribution in [1.82, 2.24) is 4.98 Å². The lowest BCUT2D eigenvalue weighted by Gasteiger charge is -2.07. The fraction of sp³-hybridized carbons (Fsp3) is 0.0435. The van der Waals surface area contributed by atoms with Crippen molar-refractivity contribution in [3.8, 4) is 11.3 Å². The fourth-order valence-corrected chi connectivity index (χ4v) is 3.75. The lowest BCUT2D eigenvalue weighted by atomic mass is 10.1. The van der Waals surface area contributed by atoms with Gasteiger partial charge in [-0.2, -0.15) is 0 Å². The van der Waals surface area contributed by atoms with Crippen molar-refractivity contribution >= 4 is 45.4 Å². The molecule has 0 aliphatic rings.